The van der Waals surface area contributed by atoms with Crippen molar-refractivity contribution in [2.45, 2.75) is 40.3 Å². The molecular weight excluding hydrogens is 330 g/mol. The van der Waals surface area contributed by atoms with Crippen molar-refractivity contribution in [3.63, 3.8) is 0 Å². The van der Waals surface area contributed by atoms with Gasteiger partial charge in [-0.1, -0.05) is 29.8 Å². The van der Waals surface area contributed by atoms with Crippen molar-refractivity contribution in [1.29, 1.82) is 0 Å². The van der Waals surface area contributed by atoms with Gasteiger partial charge in [-0.05, 0) is 37.1 Å². The highest BCUT2D eigenvalue weighted by Crippen LogP contribution is 2.28. The van der Waals surface area contributed by atoms with Crippen molar-refractivity contribution in [2.24, 2.45) is 0 Å². The Morgan fingerprint density at radius 1 is 1.19 bits per heavy atom. The van der Waals surface area contributed by atoms with E-state index in [0.29, 0.717) is 18.5 Å². The fourth-order valence-electron chi connectivity index (χ4n) is 1.92. The van der Waals surface area contributed by atoms with E-state index in [1.54, 1.807) is 12.4 Å². The van der Waals surface area contributed by atoms with E-state index >= 15 is 0 Å². The van der Waals surface area contributed by atoms with Crippen molar-refractivity contribution in [3.05, 3.63) is 45.8 Å². The molecule has 0 spiro atoms. The largest absolute Gasteiger partial charge is 0.437 e. The zero-order valence-electron chi connectivity index (χ0n) is 12.8. The van der Waals surface area contributed by atoms with Crippen LogP contribution in [0.4, 0.5) is 0 Å². The van der Waals surface area contributed by atoms with Gasteiger partial charge in [-0.3, -0.25) is 4.98 Å². The highest BCUT2D eigenvalue weighted by atomic mass is 79.9. The fourth-order valence-corrected chi connectivity index (χ4v) is 2.14. The third-order valence-electron chi connectivity index (χ3n) is 2.99. The lowest BCUT2D eigenvalue weighted by molar-refractivity contribution is 0.454. The van der Waals surface area contributed by atoms with E-state index in [-0.39, 0.29) is 0 Å². The quantitative estimate of drug-likeness (QED) is 0.880. The summed E-state index contributed by atoms with van der Waals surface area (Å²) < 4.78 is 6.93. The molecule has 0 unspecified atom stereocenters. The number of halogens is 1. The van der Waals surface area contributed by atoms with E-state index in [1.807, 2.05) is 26.0 Å². The number of hydrogen-bond donors (Lipinski definition) is 1. The van der Waals surface area contributed by atoms with Crippen molar-refractivity contribution in [1.82, 2.24) is 15.3 Å². The summed E-state index contributed by atoms with van der Waals surface area (Å²) in [5.41, 5.74) is 3.14. The molecule has 1 aromatic carbocycles. The maximum Gasteiger partial charge on any atom is 0.238 e. The maximum atomic E-state index is 5.82. The number of benzene rings is 1. The molecule has 0 bridgehead atoms. The third kappa shape index (κ3) is 4.51. The van der Waals surface area contributed by atoms with Gasteiger partial charge >= 0.3 is 0 Å². The number of nitrogens with zero attached hydrogens (tertiary/aromatic N) is 2. The second-order valence-electron chi connectivity index (χ2n) is 5.36. The van der Waals surface area contributed by atoms with Gasteiger partial charge in [0.15, 0.2) is 0 Å². The van der Waals surface area contributed by atoms with Crippen LogP contribution in [0.15, 0.2) is 29.0 Å². The van der Waals surface area contributed by atoms with Crippen LogP contribution in [0.3, 0.4) is 0 Å². The normalized spacial score (nSPS) is 11.0. The van der Waals surface area contributed by atoms with E-state index in [0.717, 1.165) is 27.0 Å². The minimum atomic E-state index is 0.410. The molecule has 112 valence electrons. The Bertz CT molecular complexity index is 606. The Hall–Kier alpha value is -1.46. The van der Waals surface area contributed by atoms with E-state index in [4.69, 9.17) is 4.74 Å². The minimum Gasteiger partial charge on any atom is -0.437 e. The second kappa shape index (κ2) is 7.00. The van der Waals surface area contributed by atoms with Gasteiger partial charge in [-0.15, -0.1) is 0 Å². The first-order chi connectivity index (χ1) is 9.95. The molecule has 2 aromatic rings. The van der Waals surface area contributed by atoms with Crippen LogP contribution in [0.2, 0.25) is 0 Å². The van der Waals surface area contributed by atoms with Gasteiger partial charge in [-0.2, -0.15) is 0 Å². The standard InChI is InChI=1S/C16H20BrN3O/c1-10(2)19-8-13-7-18-9-15(20-13)21-14-5-11(3)16(17)12(4)6-14/h5-7,9-10,19H,8H2,1-4H3. The molecular formula is C16H20BrN3O. The van der Waals surface area contributed by atoms with Crippen LogP contribution in [-0.2, 0) is 6.54 Å². The molecule has 1 aromatic heterocycles. The molecule has 0 amide bonds. The average molecular weight is 350 g/mol. The molecule has 1 N–H and O–H groups in total. The van der Waals surface area contributed by atoms with Crippen molar-refractivity contribution in [3.8, 4) is 11.6 Å². The highest BCUT2D eigenvalue weighted by Gasteiger charge is 2.06. The fraction of sp³-hybridized carbons (Fsp3) is 0.375. The van der Waals surface area contributed by atoms with Crippen molar-refractivity contribution in [2.75, 3.05) is 0 Å². The molecule has 0 saturated heterocycles. The first-order valence-electron chi connectivity index (χ1n) is 6.94. The lowest BCUT2D eigenvalue weighted by atomic mass is 10.1. The second-order valence-corrected chi connectivity index (χ2v) is 6.15. The lowest BCUT2D eigenvalue weighted by Crippen LogP contribution is -2.22. The van der Waals surface area contributed by atoms with Crippen LogP contribution >= 0.6 is 15.9 Å². The lowest BCUT2D eigenvalue weighted by Gasteiger charge is -2.10. The summed E-state index contributed by atoms with van der Waals surface area (Å²) in [6.45, 7) is 8.96. The molecule has 0 fully saturated rings. The Labute approximate surface area is 134 Å². The van der Waals surface area contributed by atoms with Gasteiger partial charge in [0.1, 0.15) is 5.75 Å². The molecule has 0 saturated carbocycles. The van der Waals surface area contributed by atoms with Gasteiger partial charge in [-0.25, -0.2) is 4.98 Å². The summed E-state index contributed by atoms with van der Waals surface area (Å²) in [6.07, 6.45) is 3.38. The summed E-state index contributed by atoms with van der Waals surface area (Å²) in [7, 11) is 0. The summed E-state index contributed by atoms with van der Waals surface area (Å²) in [5.74, 6) is 1.29. The van der Waals surface area contributed by atoms with E-state index in [1.165, 1.54) is 0 Å². The molecule has 0 atom stereocenters. The number of nitrogens with one attached hydrogen (secondary N) is 1. The van der Waals surface area contributed by atoms with Crippen LogP contribution in [0.5, 0.6) is 11.6 Å². The molecule has 0 aliphatic carbocycles. The van der Waals surface area contributed by atoms with Gasteiger partial charge in [0, 0.05) is 23.3 Å². The van der Waals surface area contributed by atoms with Gasteiger partial charge in [0.25, 0.3) is 0 Å². The summed E-state index contributed by atoms with van der Waals surface area (Å²) in [6, 6.07) is 4.38. The third-order valence-corrected chi connectivity index (χ3v) is 4.24. The summed E-state index contributed by atoms with van der Waals surface area (Å²) in [4.78, 5) is 8.65. The molecule has 2 rings (SSSR count). The molecule has 0 aliphatic rings. The minimum absolute atomic E-state index is 0.410. The average Bonchev–Trinajstić information content (AvgIpc) is 2.43. The zero-order chi connectivity index (χ0) is 15.4. The van der Waals surface area contributed by atoms with Gasteiger partial charge in [0.05, 0.1) is 11.9 Å². The van der Waals surface area contributed by atoms with E-state index in [9.17, 15) is 0 Å². The number of aromatic nitrogens is 2. The first-order valence-corrected chi connectivity index (χ1v) is 7.74. The molecule has 0 aliphatic heterocycles. The van der Waals surface area contributed by atoms with Gasteiger partial charge < -0.3 is 10.1 Å². The summed E-state index contributed by atoms with van der Waals surface area (Å²) >= 11 is 3.55. The molecule has 0 radical (unpaired) electrons. The van der Waals surface area contributed by atoms with Crippen LogP contribution in [0.1, 0.15) is 30.7 Å². The predicted molar refractivity (Wildman–Crippen MR) is 87.7 cm³/mol. The number of ether oxygens (including phenoxy) is 1. The van der Waals surface area contributed by atoms with E-state index in [2.05, 4.69) is 45.1 Å². The number of hydrogen-bond acceptors (Lipinski definition) is 4. The van der Waals surface area contributed by atoms with Crippen molar-refractivity contribution >= 4 is 15.9 Å². The molecule has 21 heavy (non-hydrogen) atoms. The first kappa shape index (κ1) is 15.9. The Kier molecular flexibility index (Phi) is 5.31. The number of aryl methyl sites for hydroxylation is 2. The molecule has 4 nitrogen and oxygen atoms in total. The van der Waals surface area contributed by atoms with Crippen LogP contribution < -0.4 is 10.1 Å². The zero-order valence-corrected chi connectivity index (χ0v) is 14.4. The van der Waals surface area contributed by atoms with Crippen LogP contribution in [-0.4, -0.2) is 16.0 Å². The Morgan fingerprint density at radius 3 is 2.48 bits per heavy atom. The molecule has 5 heteroatoms. The van der Waals surface area contributed by atoms with E-state index < -0.39 is 0 Å². The smallest absolute Gasteiger partial charge is 0.238 e. The van der Waals surface area contributed by atoms with Gasteiger partial charge in [0.2, 0.25) is 5.88 Å². The SMILES string of the molecule is Cc1cc(Oc2cncc(CNC(C)C)n2)cc(C)c1Br. The monoisotopic (exact) mass is 349 g/mol. The molecule has 1 heterocycles. The maximum absolute atomic E-state index is 5.82. The summed E-state index contributed by atoms with van der Waals surface area (Å²) in [5, 5.41) is 3.31. The van der Waals surface area contributed by atoms with Crippen LogP contribution in [0.25, 0.3) is 0 Å². The number of rotatable bonds is 5. The predicted octanol–water partition coefficient (Wildman–Crippen LogP) is 4.15. The van der Waals surface area contributed by atoms with Crippen LogP contribution in [0, 0.1) is 13.8 Å². The topological polar surface area (TPSA) is 47.0 Å². The Balaban J connectivity index is 2.14. The highest BCUT2D eigenvalue weighted by molar-refractivity contribution is 9.10. The van der Waals surface area contributed by atoms with Crippen molar-refractivity contribution < 1.29 is 4.74 Å². The Morgan fingerprint density at radius 2 is 1.86 bits per heavy atom.